The normalized spacial score (nSPS) is 19.0. The van der Waals surface area contributed by atoms with E-state index in [2.05, 4.69) is 40.2 Å². The molecular formula is C55H129N5O54P12. The highest BCUT2D eigenvalue weighted by atomic mass is 31.2. The summed E-state index contributed by atoms with van der Waals surface area (Å²) in [6.45, 7) is -14.3. The fourth-order valence-corrected chi connectivity index (χ4v) is 18.0. The molecule has 16 atom stereocenters. The van der Waals surface area contributed by atoms with Gasteiger partial charge < -0.3 is 92.4 Å². The summed E-state index contributed by atoms with van der Waals surface area (Å²) in [5.41, 5.74) is 0. The summed E-state index contributed by atoms with van der Waals surface area (Å²) < 4.78 is 287. The molecule has 0 aliphatic rings. The van der Waals surface area contributed by atoms with E-state index in [4.69, 9.17) is 124 Å². The van der Waals surface area contributed by atoms with Crippen LogP contribution in [0.4, 0.5) is 0 Å². The highest BCUT2D eigenvalue weighted by Crippen LogP contribution is 2.54. The van der Waals surface area contributed by atoms with Gasteiger partial charge in [-0.05, 0) is 86.6 Å². The molecule has 59 nitrogen and oxygen atoms in total. The van der Waals surface area contributed by atoms with Gasteiger partial charge in [0.05, 0.1) is 192 Å². The van der Waals surface area contributed by atoms with Gasteiger partial charge >= 0.3 is 93.9 Å². The Morgan fingerprint density at radius 3 is 0.524 bits per heavy atom. The van der Waals surface area contributed by atoms with Crippen LogP contribution in [0.3, 0.4) is 0 Å². The third-order valence-corrected chi connectivity index (χ3v) is 25.9. The largest absolute Gasteiger partial charge is 0.472 e. The van der Waals surface area contributed by atoms with Gasteiger partial charge in [-0.15, -0.1) is 0 Å². The lowest BCUT2D eigenvalue weighted by Crippen LogP contribution is -2.27. The zero-order valence-electron chi connectivity index (χ0n) is 70.2. The monoisotopic (exact) mass is 2100 g/mol. The molecule has 758 valence electrons. The molecule has 71 heteroatoms. The van der Waals surface area contributed by atoms with Crippen LogP contribution < -0.4 is 26.6 Å². The SMILES string of the molecule is CNCOCC(COP(=O)(O)OCCCCCCOP(=O)(O)OCCCCCCOP(=O)(O)OCCCCCCOP(=O)(O)OCCCCCCOP(=O)(O)OC(COCNC)COP(=O)(O)OCCOP(=O)(O)OC(COCNC)COP(=O)(O)OCCOP(=O)(O)OC(COCNC)COP(=O)(O)OCCOP(=O)(O)OC(CO)COCNC)OP(=O)(O)O. The molecule has 0 fully saturated rings. The van der Waals surface area contributed by atoms with Gasteiger partial charge in [0.2, 0.25) is 0 Å². The lowest BCUT2D eigenvalue weighted by atomic mass is 10.2. The van der Waals surface area contributed by atoms with Crippen LogP contribution in [0.1, 0.15) is 103 Å². The van der Waals surface area contributed by atoms with Crippen molar-refractivity contribution >= 4 is 93.9 Å². The first-order chi connectivity index (χ1) is 59.0. The van der Waals surface area contributed by atoms with Gasteiger partial charge in [-0.1, -0.05) is 51.4 Å². The Morgan fingerprint density at radius 1 is 0.190 bits per heavy atom. The van der Waals surface area contributed by atoms with Gasteiger partial charge in [0.15, 0.2) is 0 Å². The Kier molecular flexibility index (Phi) is 71.8. The lowest BCUT2D eigenvalue weighted by Gasteiger charge is -2.23. The van der Waals surface area contributed by atoms with Crippen molar-refractivity contribution in [3.8, 4) is 0 Å². The standard InChI is InChI=1S/C55H129N5O54P12/c1-56-46-87-37-51(36-61)111-124(81,82)103-33-30-100-120(73,74)108-44-54(40-90-49-59-4)113-126(85,86)105-35-32-102-122(77,78)109-45-55(41-91-50-60-5)114-125(83,84)104-34-31-101-121(75,76)107-43-53(39-89-48-58-3)112-123(79,80)99-29-21-13-12-19-27-97-118(69,70)95-25-17-9-8-15-23-93-116(65,66)92-22-14-6-7-16-24-94-117(67,68)96-26-18-10-11-20-28-98-119(71,72)106-42-52(38-88-47-57-2)110-115(62,63)64/h51-61H,6-50H2,1-5H3,(H,65,66)(H,67,68)(H,69,70)(H,71,72)(H,73,74)(H,75,76)(H,77,78)(H,79,80)(H,81,82)(H,83,84)(H,85,86)(H2,62,63,64). The van der Waals surface area contributed by atoms with E-state index in [1.54, 1.807) is 14.1 Å². The molecule has 0 aromatic carbocycles. The maximum absolute atomic E-state index is 12.9. The number of phosphoric ester groups is 12. The van der Waals surface area contributed by atoms with E-state index in [9.17, 15) is 114 Å². The maximum atomic E-state index is 12.9. The van der Waals surface area contributed by atoms with Crippen molar-refractivity contribution in [1.29, 1.82) is 0 Å². The van der Waals surface area contributed by atoms with Crippen molar-refractivity contribution in [1.82, 2.24) is 26.6 Å². The molecular weight excluding hydrogens is 1970 g/mol. The Morgan fingerprint density at radius 2 is 0.341 bits per heavy atom. The minimum Gasteiger partial charge on any atom is -0.394 e. The van der Waals surface area contributed by atoms with Crippen molar-refractivity contribution in [3.05, 3.63) is 0 Å². The molecule has 0 bridgehead atoms. The number of aliphatic hydroxyl groups is 1. The van der Waals surface area contributed by atoms with Crippen molar-refractivity contribution < 1.29 is 251 Å². The summed E-state index contributed by atoms with van der Waals surface area (Å²) in [6, 6.07) is 0. The molecule has 0 spiro atoms. The van der Waals surface area contributed by atoms with Crippen LogP contribution in [0.15, 0.2) is 0 Å². The average molecular weight is 2100 g/mol. The number of hydrogen-bond acceptors (Lipinski definition) is 46. The number of ether oxygens (including phenoxy) is 5. The smallest absolute Gasteiger partial charge is 0.394 e. The highest BCUT2D eigenvalue weighted by Gasteiger charge is 2.37. The average Bonchev–Trinajstić information content (AvgIpc) is 0.886. The molecule has 16 unspecified atom stereocenters. The molecule has 0 aliphatic carbocycles. The third-order valence-electron chi connectivity index (χ3n) is 14.0. The first-order valence-electron chi connectivity index (χ1n) is 38.4. The van der Waals surface area contributed by atoms with Crippen LogP contribution in [0.25, 0.3) is 0 Å². The molecule has 0 saturated heterocycles. The van der Waals surface area contributed by atoms with Gasteiger partial charge in [0, 0.05) is 0 Å². The highest BCUT2D eigenvalue weighted by molar-refractivity contribution is 7.50. The summed E-state index contributed by atoms with van der Waals surface area (Å²) in [5, 5.41) is 22.4. The van der Waals surface area contributed by atoms with Crippen LogP contribution in [0.2, 0.25) is 0 Å². The minimum absolute atomic E-state index is 0.00650. The number of phosphoric acid groups is 12. The number of nitrogens with one attached hydrogen (secondary N) is 5. The van der Waals surface area contributed by atoms with E-state index in [1.165, 1.54) is 21.1 Å². The first-order valence-corrected chi connectivity index (χ1v) is 56.4. The van der Waals surface area contributed by atoms with E-state index in [0.29, 0.717) is 89.9 Å². The van der Waals surface area contributed by atoms with Crippen LogP contribution >= 0.6 is 93.9 Å². The number of aliphatic hydroxyl groups excluding tert-OH is 1. The number of hydrogen-bond donors (Lipinski definition) is 19. The van der Waals surface area contributed by atoms with Crippen molar-refractivity contribution in [2.45, 2.75) is 133 Å². The van der Waals surface area contributed by atoms with Crippen LogP contribution in [0.5, 0.6) is 0 Å². The minimum atomic E-state index is -5.24. The summed E-state index contributed by atoms with van der Waals surface area (Å²) in [5.74, 6) is 0. The summed E-state index contributed by atoms with van der Waals surface area (Å²) in [4.78, 5) is 130. The van der Waals surface area contributed by atoms with E-state index in [0.717, 1.165) is 0 Å². The topological polar surface area (TPSA) is 807 Å². The van der Waals surface area contributed by atoms with Gasteiger partial charge in [-0.2, -0.15) is 0 Å². The summed E-state index contributed by atoms with van der Waals surface area (Å²) in [6.07, 6.45) is -1.40. The van der Waals surface area contributed by atoms with E-state index >= 15 is 0 Å². The maximum Gasteiger partial charge on any atom is 0.472 e. The Hall–Kier alpha value is 0.880. The van der Waals surface area contributed by atoms with Crippen molar-refractivity contribution in [3.63, 3.8) is 0 Å². The Labute approximate surface area is 729 Å². The molecule has 0 radical (unpaired) electrons. The molecule has 0 amide bonds. The van der Waals surface area contributed by atoms with Gasteiger partial charge in [-0.25, -0.2) is 54.8 Å². The predicted octanol–water partition coefficient (Wildman–Crippen LogP) is 4.61. The molecule has 0 saturated carbocycles. The fourth-order valence-electron chi connectivity index (χ4n) is 8.64. The summed E-state index contributed by atoms with van der Waals surface area (Å²) >= 11 is 0. The molecule has 0 heterocycles. The van der Waals surface area contributed by atoms with Gasteiger partial charge in [0.1, 0.15) is 30.5 Å². The summed E-state index contributed by atoms with van der Waals surface area (Å²) in [7, 11) is -50.8. The number of unbranched alkanes of at least 4 members (excludes halogenated alkanes) is 12. The predicted molar refractivity (Wildman–Crippen MR) is 432 cm³/mol. The fraction of sp³-hybridized carbons (Fsp3) is 1.00. The molecule has 126 heavy (non-hydrogen) atoms. The molecule has 0 aromatic heterocycles. The Bertz CT molecular complexity index is 3410. The second kappa shape index (κ2) is 71.3. The van der Waals surface area contributed by atoms with Crippen LogP contribution in [-0.2, 0) is 183 Å². The van der Waals surface area contributed by atoms with Crippen molar-refractivity contribution in [2.75, 3.05) is 227 Å². The quantitative estimate of drug-likeness (QED) is 0.0224. The van der Waals surface area contributed by atoms with E-state index < -0.39 is 217 Å². The Balaban J connectivity index is 4.67. The molecule has 0 aliphatic heterocycles. The van der Waals surface area contributed by atoms with Gasteiger partial charge in [0.25, 0.3) is 0 Å². The zero-order valence-corrected chi connectivity index (χ0v) is 80.9. The number of rotatable bonds is 94. The van der Waals surface area contributed by atoms with Gasteiger partial charge in [-0.3, -0.25) is 131 Å². The van der Waals surface area contributed by atoms with E-state index in [-0.39, 0.29) is 113 Å². The van der Waals surface area contributed by atoms with Crippen molar-refractivity contribution in [2.24, 2.45) is 0 Å². The third kappa shape index (κ3) is 78.9. The zero-order chi connectivity index (χ0) is 95.0. The van der Waals surface area contributed by atoms with Crippen LogP contribution in [-0.4, -0.2) is 327 Å². The van der Waals surface area contributed by atoms with Crippen LogP contribution in [0, 0.1) is 0 Å². The molecule has 0 rings (SSSR count). The molecule has 0 aromatic rings. The second-order valence-electron chi connectivity index (χ2n) is 25.3. The lowest BCUT2D eigenvalue weighted by molar-refractivity contribution is -0.0138. The molecule has 19 N–H and O–H groups in total. The second-order valence-corrected chi connectivity index (χ2v) is 42.3. The first kappa shape index (κ1) is 127. The van der Waals surface area contributed by atoms with E-state index in [1.807, 2.05) is 0 Å².